The molecular weight excluding hydrogens is 192 g/mol. The van der Waals surface area contributed by atoms with Crippen LogP contribution < -0.4 is 0 Å². The van der Waals surface area contributed by atoms with Gasteiger partial charge in [0.2, 0.25) is 0 Å². The molecule has 4 heteroatoms. The summed E-state index contributed by atoms with van der Waals surface area (Å²) >= 11 is 3.75. The lowest BCUT2D eigenvalue weighted by molar-refractivity contribution is -0.132. The van der Waals surface area contributed by atoms with Gasteiger partial charge in [0.25, 0.3) is 0 Å². The molecule has 1 aliphatic heterocycles. The third-order valence-electron chi connectivity index (χ3n) is 1.61. The summed E-state index contributed by atoms with van der Waals surface area (Å²) < 4.78 is 0. The molecule has 0 aromatic heterocycles. The van der Waals surface area contributed by atoms with Crippen molar-refractivity contribution in [1.29, 1.82) is 0 Å². The van der Waals surface area contributed by atoms with Gasteiger partial charge in [-0.15, -0.1) is 0 Å². The second-order valence-electron chi connectivity index (χ2n) is 2.64. The molecule has 0 amide bonds. The van der Waals surface area contributed by atoms with Gasteiger partial charge in [0, 0.05) is 28.1 Å². The lowest BCUT2D eigenvalue weighted by Crippen LogP contribution is -2.12. The maximum Gasteiger partial charge on any atom is 0.330 e. The Labute approximate surface area is 80.8 Å². The SMILES string of the molecule is CC(=CC1CSCCS1)C(=O)O. The van der Waals surface area contributed by atoms with Gasteiger partial charge in [-0.25, -0.2) is 4.79 Å². The van der Waals surface area contributed by atoms with E-state index < -0.39 is 5.97 Å². The van der Waals surface area contributed by atoms with Crippen molar-refractivity contribution in [2.24, 2.45) is 0 Å². The normalized spacial score (nSPS) is 25.4. The van der Waals surface area contributed by atoms with Crippen molar-refractivity contribution >= 4 is 29.5 Å². The standard InChI is InChI=1S/C8H12O2S2/c1-6(8(9)10)4-7-5-11-2-3-12-7/h4,7H,2-3,5H2,1H3,(H,9,10). The van der Waals surface area contributed by atoms with Crippen molar-refractivity contribution in [3.05, 3.63) is 11.6 Å². The van der Waals surface area contributed by atoms with E-state index in [2.05, 4.69) is 0 Å². The zero-order valence-corrected chi connectivity index (χ0v) is 8.58. The molecule has 0 radical (unpaired) electrons. The van der Waals surface area contributed by atoms with Gasteiger partial charge in [-0.1, -0.05) is 6.08 Å². The maximum atomic E-state index is 10.5. The highest BCUT2D eigenvalue weighted by Crippen LogP contribution is 2.25. The molecule has 0 spiro atoms. The number of carboxylic acids is 1. The van der Waals surface area contributed by atoms with Gasteiger partial charge in [-0.2, -0.15) is 23.5 Å². The van der Waals surface area contributed by atoms with Gasteiger partial charge in [0.15, 0.2) is 0 Å². The summed E-state index contributed by atoms with van der Waals surface area (Å²) in [6.07, 6.45) is 1.86. The maximum absolute atomic E-state index is 10.5. The first kappa shape index (κ1) is 9.99. The second-order valence-corrected chi connectivity index (χ2v) is 5.14. The molecule has 12 heavy (non-hydrogen) atoms. The fourth-order valence-corrected chi connectivity index (χ4v) is 3.58. The van der Waals surface area contributed by atoms with Gasteiger partial charge >= 0.3 is 5.97 Å². The molecule has 2 nitrogen and oxygen atoms in total. The number of hydrogen-bond donors (Lipinski definition) is 1. The summed E-state index contributed by atoms with van der Waals surface area (Å²) in [6.45, 7) is 1.65. The molecule has 1 heterocycles. The second kappa shape index (κ2) is 4.82. The Morgan fingerprint density at radius 3 is 2.83 bits per heavy atom. The number of carboxylic acid groups (broad SMARTS) is 1. The van der Waals surface area contributed by atoms with E-state index in [0.717, 1.165) is 11.5 Å². The summed E-state index contributed by atoms with van der Waals surface area (Å²) in [7, 11) is 0. The van der Waals surface area contributed by atoms with Crippen LogP contribution in [0.1, 0.15) is 6.92 Å². The first-order chi connectivity index (χ1) is 5.70. The Bertz CT molecular complexity index is 195. The lowest BCUT2D eigenvalue weighted by atomic mass is 10.2. The molecule has 68 valence electrons. The fraction of sp³-hybridized carbons (Fsp3) is 0.625. The largest absolute Gasteiger partial charge is 0.478 e. The highest BCUT2D eigenvalue weighted by molar-refractivity contribution is 8.06. The van der Waals surface area contributed by atoms with Gasteiger partial charge in [-0.05, 0) is 6.92 Å². The molecule has 1 unspecified atom stereocenters. The van der Waals surface area contributed by atoms with Crippen molar-refractivity contribution in [2.75, 3.05) is 17.3 Å². The monoisotopic (exact) mass is 204 g/mol. The predicted molar refractivity (Wildman–Crippen MR) is 55.0 cm³/mol. The molecule has 0 aliphatic carbocycles. The van der Waals surface area contributed by atoms with E-state index in [0.29, 0.717) is 10.8 Å². The van der Waals surface area contributed by atoms with E-state index in [1.165, 1.54) is 5.75 Å². The molecule has 1 rings (SSSR count). The van der Waals surface area contributed by atoms with Crippen LogP contribution in [0.2, 0.25) is 0 Å². The molecule has 0 saturated carbocycles. The summed E-state index contributed by atoms with van der Waals surface area (Å²) in [6, 6.07) is 0. The Hall–Kier alpha value is -0.0900. The predicted octanol–water partition coefficient (Wildman–Crippen LogP) is 1.87. The van der Waals surface area contributed by atoms with Crippen LogP contribution in [0.3, 0.4) is 0 Å². The lowest BCUT2D eigenvalue weighted by Gasteiger charge is -2.17. The quantitative estimate of drug-likeness (QED) is 0.697. The summed E-state index contributed by atoms with van der Waals surface area (Å²) in [5, 5.41) is 9.03. The van der Waals surface area contributed by atoms with Crippen molar-refractivity contribution in [1.82, 2.24) is 0 Å². The van der Waals surface area contributed by atoms with Crippen LogP contribution in [0.15, 0.2) is 11.6 Å². The molecular formula is C8H12O2S2. The summed E-state index contributed by atoms with van der Waals surface area (Å²) in [4.78, 5) is 10.5. The number of hydrogen-bond acceptors (Lipinski definition) is 3. The molecule has 0 aromatic carbocycles. The van der Waals surface area contributed by atoms with Crippen molar-refractivity contribution < 1.29 is 9.90 Å². The average molecular weight is 204 g/mol. The van der Waals surface area contributed by atoms with Crippen LogP contribution in [-0.2, 0) is 4.79 Å². The Morgan fingerprint density at radius 2 is 2.33 bits per heavy atom. The van der Waals surface area contributed by atoms with E-state index in [-0.39, 0.29) is 0 Å². The van der Waals surface area contributed by atoms with Crippen molar-refractivity contribution in [3.8, 4) is 0 Å². The van der Waals surface area contributed by atoms with E-state index in [1.54, 1.807) is 6.92 Å². The smallest absolute Gasteiger partial charge is 0.330 e. The molecule has 0 aromatic rings. The number of carbonyl (C=O) groups is 1. The minimum Gasteiger partial charge on any atom is -0.478 e. The van der Waals surface area contributed by atoms with E-state index in [4.69, 9.17) is 5.11 Å². The van der Waals surface area contributed by atoms with E-state index in [9.17, 15) is 4.79 Å². The highest BCUT2D eigenvalue weighted by atomic mass is 32.2. The van der Waals surface area contributed by atoms with E-state index >= 15 is 0 Å². The number of aliphatic carboxylic acids is 1. The first-order valence-corrected chi connectivity index (χ1v) is 6.01. The Kier molecular flexibility index (Phi) is 4.01. The summed E-state index contributed by atoms with van der Waals surface area (Å²) in [5.41, 5.74) is 0.468. The summed E-state index contributed by atoms with van der Waals surface area (Å²) in [5.74, 6) is 2.58. The van der Waals surface area contributed by atoms with Crippen LogP contribution in [0.5, 0.6) is 0 Å². The molecule has 1 saturated heterocycles. The zero-order valence-electron chi connectivity index (χ0n) is 6.95. The molecule has 1 atom stereocenters. The van der Waals surface area contributed by atoms with Crippen LogP contribution in [0, 0.1) is 0 Å². The minimum absolute atomic E-state index is 0.403. The van der Waals surface area contributed by atoms with E-state index in [1.807, 2.05) is 29.6 Å². The van der Waals surface area contributed by atoms with Gasteiger partial charge in [0.05, 0.1) is 0 Å². The number of rotatable bonds is 2. The van der Waals surface area contributed by atoms with Crippen molar-refractivity contribution in [3.63, 3.8) is 0 Å². The Morgan fingerprint density at radius 1 is 1.58 bits per heavy atom. The van der Waals surface area contributed by atoms with Gasteiger partial charge in [-0.3, -0.25) is 0 Å². The van der Waals surface area contributed by atoms with Crippen LogP contribution >= 0.6 is 23.5 Å². The Balaban J connectivity index is 2.47. The van der Waals surface area contributed by atoms with Gasteiger partial charge in [0.1, 0.15) is 0 Å². The molecule has 1 aliphatic rings. The molecule has 0 bridgehead atoms. The minimum atomic E-state index is -0.800. The first-order valence-electron chi connectivity index (χ1n) is 3.81. The van der Waals surface area contributed by atoms with Crippen LogP contribution in [0.4, 0.5) is 0 Å². The van der Waals surface area contributed by atoms with Crippen LogP contribution in [-0.4, -0.2) is 33.6 Å². The number of thioether (sulfide) groups is 2. The highest BCUT2D eigenvalue weighted by Gasteiger charge is 2.13. The van der Waals surface area contributed by atoms with Crippen molar-refractivity contribution in [2.45, 2.75) is 12.2 Å². The molecule has 1 fully saturated rings. The van der Waals surface area contributed by atoms with Gasteiger partial charge < -0.3 is 5.11 Å². The molecule has 1 N–H and O–H groups in total. The zero-order chi connectivity index (χ0) is 8.97. The third-order valence-corrected chi connectivity index (χ3v) is 4.34. The fourth-order valence-electron chi connectivity index (χ4n) is 0.952. The average Bonchev–Trinajstić information content (AvgIpc) is 2.06. The topological polar surface area (TPSA) is 37.3 Å². The third kappa shape index (κ3) is 3.11. The van der Waals surface area contributed by atoms with Crippen LogP contribution in [0.25, 0.3) is 0 Å².